The fourth-order valence-electron chi connectivity index (χ4n) is 2.24. The molecule has 0 saturated heterocycles. The van der Waals surface area contributed by atoms with Crippen molar-refractivity contribution in [3.63, 3.8) is 0 Å². The first kappa shape index (κ1) is 10.1. The third kappa shape index (κ3) is 1.40. The van der Waals surface area contributed by atoms with Crippen LogP contribution in [0.15, 0.2) is 23.2 Å². The quantitative estimate of drug-likeness (QED) is 0.652. The van der Waals surface area contributed by atoms with Gasteiger partial charge in [-0.2, -0.15) is 0 Å². The lowest BCUT2D eigenvalue weighted by atomic mass is 9.81. The van der Waals surface area contributed by atoms with Gasteiger partial charge in [-0.25, -0.2) is 0 Å². The summed E-state index contributed by atoms with van der Waals surface area (Å²) in [6, 6.07) is 0. The van der Waals surface area contributed by atoms with Gasteiger partial charge < -0.3 is 15.3 Å². The monoisotopic (exact) mass is 210 g/mol. The van der Waals surface area contributed by atoms with Crippen LogP contribution in [0.5, 0.6) is 0 Å². The molecule has 1 fully saturated rings. The second kappa shape index (κ2) is 3.02. The van der Waals surface area contributed by atoms with Crippen molar-refractivity contribution in [2.24, 2.45) is 11.3 Å². The van der Waals surface area contributed by atoms with E-state index in [4.69, 9.17) is 5.11 Å². The van der Waals surface area contributed by atoms with Crippen molar-refractivity contribution in [1.29, 1.82) is 0 Å². The molecule has 0 spiro atoms. The zero-order valence-electron chi connectivity index (χ0n) is 8.53. The molecular formula is C11H14O4. The van der Waals surface area contributed by atoms with Crippen LogP contribution in [-0.4, -0.2) is 21.3 Å². The van der Waals surface area contributed by atoms with Gasteiger partial charge in [0.2, 0.25) is 0 Å². The van der Waals surface area contributed by atoms with Gasteiger partial charge >= 0.3 is 5.97 Å². The van der Waals surface area contributed by atoms with Gasteiger partial charge in [0, 0.05) is 6.42 Å². The molecule has 0 heterocycles. The molecule has 4 nitrogen and oxygen atoms in total. The Kier molecular flexibility index (Phi) is 2.03. The van der Waals surface area contributed by atoms with E-state index < -0.39 is 11.4 Å². The van der Waals surface area contributed by atoms with Crippen LogP contribution in [0.3, 0.4) is 0 Å². The lowest BCUT2D eigenvalue weighted by Crippen LogP contribution is -2.24. The molecule has 2 aliphatic rings. The third-order valence-corrected chi connectivity index (χ3v) is 3.33. The number of carbonyl (C=O) groups is 1. The molecule has 0 bridgehead atoms. The highest BCUT2D eigenvalue weighted by Gasteiger charge is 2.54. The van der Waals surface area contributed by atoms with Crippen LogP contribution in [0, 0.1) is 11.3 Å². The van der Waals surface area contributed by atoms with Crippen molar-refractivity contribution in [2.45, 2.75) is 26.2 Å². The topological polar surface area (TPSA) is 77.8 Å². The van der Waals surface area contributed by atoms with E-state index in [0.717, 1.165) is 5.57 Å². The van der Waals surface area contributed by atoms with Crippen LogP contribution in [0.25, 0.3) is 0 Å². The van der Waals surface area contributed by atoms with E-state index in [1.807, 2.05) is 6.92 Å². The third-order valence-electron chi connectivity index (χ3n) is 3.33. The molecule has 82 valence electrons. The summed E-state index contributed by atoms with van der Waals surface area (Å²) in [6.07, 6.45) is 3.01. The second-order valence-corrected chi connectivity index (χ2v) is 4.42. The Morgan fingerprint density at radius 1 is 1.47 bits per heavy atom. The number of hydrogen-bond acceptors (Lipinski definition) is 3. The average Bonchev–Trinajstić information content (AvgIpc) is 2.92. The zero-order valence-corrected chi connectivity index (χ0v) is 8.53. The minimum absolute atomic E-state index is 0.0144. The maximum atomic E-state index is 11.1. The fraction of sp³-hybridized carbons (Fsp3) is 0.545. The Labute approximate surface area is 87.5 Å². The molecule has 0 aromatic carbocycles. The highest BCUT2D eigenvalue weighted by atomic mass is 16.4. The molecule has 4 heteroatoms. The maximum absolute atomic E-state index is 11.1. The van der Waals surface area contributed by atoms with E-state index >= 15 is 0 Å². The molecule has 0 unspecified atom stereocenters. The van der Waals surface area contributed by atoms with E-state index in [2.05, 4.69) is 0 Å². The summed E-state index contributed by atoms with van der Waals surface area (Å²) >= 11 is 0. The first-order chi connectivity index (χ1) is 6.97. The van der Waals surface area contributed by atoms with Crippen LogP contribution in [0.4, 0.5) is 0 Å². The largest absolute Gasteiger partial charge is 0.508 e. The Hall–Kier alpha value is -1.45. The van der Waals surface area contributed by atoms with Gasteiger partial charge in [0.15, 0.2) is 5.76 Å². The van der Waals surface area contributed by atoms with E-state index in [9.17, 15) is 15.0 Å². The molecule has 0 radical (unpaired) electrons. The Morgan fingerprint density at radius 3 is 2.53 bits per heavy atom. The van der Waals surface area contributed by atoms with Gasteiger partial charge in [-0.1, -0.05) is 6.92 Å². The lowest BCUT2D eigenvalue weighted by molar-refractivity contribution is -0.142. The van der Waals surface area contributed by atoms with Crippen molar-refractivity contribution in [3.8, 4) is 0 Å². The first-order valence-electron chi connectivity index (χ1n) is 5.04. The number of carboxylic acids is 1. The minimum atomic E-state index is -0.824. The van der Waals surface area contributed by atoms with Crippen LogP contribution in [0.2, 0.25) is 0 Å². The van der Waals surface area contributed by atoms with E-state index in [-0.39, 0.29) is 17.4 Å². The number of hydrogen-bond donors (Lipinski definition) is 3. The summed E-state index contributed by atoms with van der Waals surface area (Å²) in [5.41, 5.74) is -0.0287. The normalized spacial score (nSPS) is 28.6. The Balaban J connectivity index is 2.37. The molecule has 1 atom stereocenters. The van der Waals surface area contributed by atoms with Crippen molar-refractivity contribution < 1.29 is 20.1 Å². The predicted octanol–water partition coefficient (Wildman–Crippen LogP) is 2.15. The van der Waals surface area contributed by atoms with E-state index in [0.29, 0.717) is 19.3 Å². The zero-order chi connectivity index (χ0) is 11.2. The molecule has 2 rings (SSSR count). The fourth-order valence-corrected chi connectivity index (χ4v) is 2.24. The van der Waals surface area contributed by atoms with Gasteiger partial charge in [-0.15, -0.1) is 0 Å². The van der Waals surface area contributed by atoms with Crippen LogP contribution in [-0.2, 0) is 4.79 Å². The van der Waals surface area contributed by atoms with Crippen molar-refractivity contribution >= 4 is 5.97 Å². The van der Waals surface area contributed by atoms with Crippen LogP contribution < -0.4 is 0 Å². The Morgan fingerprint density at radius 2 is 2.07 bits per heavy atom. The molecule has 3 N–H and O–H groups in total. The van der Waals surface area contributed by atoms with E-state index in [1.165, 1.54) is 6.08 Å². The highest BCUT2D eigenvalue weighted by molar-refractivity contribution is 5.82. The van der Waals surface area contributed by atoms with Crippen LogP contribution in [0.1, 0.15) is 26.2 Å². The minimum Gasteiger partial charge on any atom is -0.508 e. The van der Waals surface area contributed by atoms with Crippen molar-refractivity contribution in [1.82, 2.24) is 0 Å². The predicted molar refractivity (Wildman–Crippen MR) is 53.5 cm³/mol. The summed E-state index contributed by atoms with van der Waals surface area (Å²) in [5, 5.41) is 27.9. The smallest absolute Gasteiger partial charge is 0.313 e. The number of aliphatic hydroxyl groups excluding tert-OH is 2. The van der Waals surface area contributed by atoms with Gasteiger partial charge in [-0.3, -0.25) is 4.79 Å². The SMILES string of the molecule is C[C@@H]1CC(O)=C(O)C=C1C1(C(=O)O)CC1. The number of allylic oxidation sites excluding steroid dienone is 2. The van der Waals surface area contributed by atoms with Crippen LogP contribution >= 0.6 is 0 Å². The first-order valence-corrected chi connectivity index (χ1v) is 5.04. The molecule has 0 amide bonds. The molecule has 0 aromatic heterocycles. The van der Waals surface area contributed by atoms with Gasteiger partial charge in [-0.05, 0) is 30.4 Å². The second-order valence-electron chi connectivity index (χ2n) is 4.42. The summed E-state index contributed by atoms with van der Waals surface area (Å²) in [7, 11) is 0. The molecule has 2 aliphatic carbocycles. The van der Waals surface area contributed by atoms with Crippen molar-refractivity contribution in [3.05, 3.63) is 23.2 Å². The summed E-state index contributed by atoms with van der Waals surface area (Å²) in [5.74, 6) is -1.07. The highest BCUT2D eigenvalue weighted by Crippen LogP contribution is 2.56. The average molecular weight is 210 g/mol. The molecular weight excluding hydrogens is 196 g/mol. The number of aliphatic carboxylic acids is 1. The van der Waals surface area contributed by atoms with Gasteiger partial charge in [0.1, 0.15) is 5.76 Å². The molecule has 0 aliphatic heterocycles. The molecule has 15 heavy (non-hydrogen) atoms. The maximum Gasteiger partial charge on any atom is 0.313 e. The summed E-state index contributed by atoms with van der Waals surface area (Å²) < 4.78 is 0. The van der Waals surface area contributed by atoms with E-state index in [1.54, 1.807) is 0 Å². The summed E-state index contributed by atoms with van der Waals surface area (Å²) in [6.45, 7) is 1.87. The lowest BCUT2D eigenvalue weighted by Gasteiger charge is -2.25. The number of carboxylic acid groups (broad SMARTS) is 1. The van der Waals surface area contributed by atoms with Gasteiger partial charge in [0.25, 0.3) is 0 Å². The molecule has 0 aromatic rings. The Bertz CT molecular complexity index is 374. The van der Waals surface area contributed by atoms with Gasteiger partial charge in [0.05, 0.1) is 5.41 Å². The summed E-state index contributed by atoms with van der Waals surface area (Å²) in [4.78, 5) is 11.1. The number of aliphatic hydroxyl groups is 2. The number of rotatable bonds is 2. The standard InChI is InChI=1S/C11H14O4/c1-6-4-8(12)9(13)5-7(6)11(2-3-11)10(14)15/h5-6,12-13H,2-4H2,1H3,(H,14,15)/t6-/m1/s1. The van der Waals surface area contributed by atoms with Crippen molar-refractivity contribution in [2.75, 3.05) is 0 Å². The molecule has 1 saturated carbocycles.